The minimum absolute atomic E-state index is 0.103. The fraction of sp³-hybridized carbons (Fsp3) is 0.417. The monoisotopic (exact) mass is 444 g/mol. The number of carbonyl (C=O) groups is 2. The molecule has 0 saturated carbocycles. The van der Waals surface area contributed by atoms with Gasteiger partial charge in [0.2, 0.25) is 5.91 Å². The topological polar surface area (TPSA) is 78.9 Å². The van der Waals surface area contributed by atoms with Crippen molar-refractivity contribution in [2.75, 3.05) is 13.1 Å². The van der Waals surface area contributed by atoms with Gasteiger partial charge in [-0.05, 0) is 42.0 Å². The number of rotatable bonds is 6. The second-order valence-electron chi connectivity index (χ2n) is 8.29. The molecule has 1 heterocycles. The Morgan fingerprint density at radius 2 is 1.71 bits per heavy atom. The van der Waals surface area contributed by atoms with Gasteiger partial charge in [0.25, 0.3) is 0 Å². The first-order valence-corrected chi connectivity index (χ1v) is 10.9. The van der Waals surface area contributed by atoms with Crippen LogP contribution in [0.5, 0.6) is 0 Å². The maximum absolute atomic E-state index is 13.1. The molecule has 1 fully saturated rings. The quantitative estimate of drug-likeness (QED) is 0.703. The molecule has 2 aromatic carbocycles. The lowest BCUT2D eigenvalue weighted by Gasteiger charge is -2.40. The number of nitrogens with zero attached hydrogens (tertiary/aromatic N) is 1. The smallest absolute Gasteiger partial charge is 0.408 e. The number of likely N-dealkylation sites (tertiary alicyclic amines) is 1. The standard InChI is InChI=1S/C24H29ClN2O4/c1-17(2)21(26-23(29)31-16-18-6-4-3-5-7-18)22(28)27-14-12-24(30,13-15-27)19-8-10-20(25)11-9-19/h3-11,17,21,30H,12-16H2,1-2H3,(H,26,29). The molecule has 31 heavy (non-hydrogen) atoms. The van der Waals surface area contributed by atoms with Crippen LogP contribution in [0, 0.1) is 5.92 Å². The highest BCUT2D eigenvalue weighted by Crippen LogP contribution is 2.33. The Morgan fingerprint density at radius 3 is 2.29 bits per heavy atom. The molecule has 3 rings (SSSR count). The minimum atomic E-state index is -0.989. The first kappa shape index (κ1) is 23.1. The molecular weight excluding hydrogens is 416 g/mol. The lowest BCUT2D eigenvalue weighted by molar-refractivity contribution is -0.139. The second kappa shape index (κ2) is 10.2. The van der Waals surface area contributed by atoms with Crippen LogP contribution in [0.2, 0.25) is 5.02 Å². The molecule has 0 aliphatic carbocycles. The van der Waals surface area contributed by atoms with Crippen molar-refractivity contribution in [3.8, 4) is 0 Å². The summed E-state index contributed by atoms with van der Waals surface area (Å²) in [5.41, 5.74) is 0.686. The van der Waals surface area contributed by atoms with Crippen LogP contribution in [-0.4, -0.2) is 41.1 Å². The fourth-order valence-electron chi connectivity index (χ4n) is 3.75. The van der Waals surface area contributed by atoms with Gasteiger partial charge in [0.05, 0.1) is 5.60 Å². The van der Waals surface area contributed by atoms with E-state index in [1.54, 1.807) is 17.0 Å². The summed E-state index contributed by atoms with van der Waals surface area (Å²) in [7, 11) is 0. The summed E-state index contributed by atoms with van der Waals surface area (Å²) >= 11 is 5.94. The van der Waals surface area contributed by atoms with Crippen LogP contribution in [-0.2, 0) is 21.7 Å². The average molecular weight is 445 g/mol. The number of hydrogen-bond donors (Lipinski definition) is 2. The molecule has 2 aromatic rings. The van der Waals surface area contributed by atoms with Gasteiger partial charge < -0.3 is 20.1 Å². The van der Waals surface area contributed by atoms with Crippen LogP contribution in [0.4, 0.5) is 4.79 Å². The van der Waals surface area contributed by atoms with E-state index in [0.29, 0.717) is 31.0 Å². The van der Waals surface area contributed by atoms with Crippen molar-refractivity contribution in [2.45, 2.75) is 44.9 Å². The van der Waals surface area contributed by atoms with Crippen molar-refractivity contribution in [1.82, 2.24) is 10.2 Å². The Bertz CT molecular complexity index is 878. The van der Waals surface area contributed by atoms with E-state index in [-0.39, 0.29) is 18.4 Å². The first-order chi connectivity index (χ1) is 14.8. The van der Waals surface area contributed by atoms with Crippen LogP contribution < -0.4 is 5.32 Å². The van der Waals surface area contributed by atoms with Crippen LogP contribution in [0.3, 0.4) is 0 Å². The van der Waals surface area contributed by atoms with Crippen molar-refractivity contribution in [3.05, 3.63) is 70.7 Å². The van der Waals surface area contributed by atoms with Gasteiger partial charge in [-0.2, -0.15) is 0 Å². The summed E-state index contributed by atoms with van der Waals surface area (Å²) in [6.07, 6.45) is 0.221. The molecule has 2 N–H and O–H groups in total. The Balaban J connectivity index is 1.56. The normalized spacial score (nSPS) is 16.6. The van der Waals surface area contributed by atoms with Crippen molar-refractivity contribution in [2.24, 2.45) is 5.92 Å². The molecule has 1 atom stereocenters. The Hall–Kier alpha value is -2.57. The van der Waals surface area contributed by atoms with E-state index in [9.17, 15) is 14.7 Å². The average Bonchev–Trinajstić information content (AvgIpc) is 2.77. The van der Waals surface area contributed by atoms with E-state index >= 15 is 0 Å². The summed E-state index contributed by atoms with van der Waals surface area (Å²) in [5, 5.41) is 14.4. The van der Waals surface area contributed by atoms with Gasteiger partial charge in [0.1, 0.15) is 12.6 Å². The molecule has 2 amide bonds. The number of aliphatic hydroxyl groups is 1. The maximum Gasteiger partial charge on any atom is 0.408 e. The Kier molecular flexibility index (Phi) is 7.57. The van der Waals surface area contributed by atoms with Crippen LogP contribution >= 0.6 is 11.6 Å². The molecular formula is C24H29ClN2O4. The van der Waals surface area contributed by atoms with E-state index < -0.39 is 17.7 Å². The zero-order chi connectivity index (χ0) is 22.4. The third-order valence-electron chi connectivity index (χ3n) is 5.70. The summed E-state index contributed by atoms with van der Waals surface area (Å²) in [6.45, 7) is 4.72. The number of nitrogens with one attached hydrogen (secondary N) is 1. The number of benzene rings is 2. The summed E-state index contributed by atoms with van der Waals surface area (Å²) in [5.74, 6) is -0.265. The van der Waals surface area contributed by atoms with Gasteiger partial charge in [-0.25, -0.2) is 4.79 Å². The highest BCUT2D eigenvalue weighted by Gasteiger charge is 2.38. The molecule has 1 unspecified atom stereocenters. The number of halogens is 1. The minimum Gasteiger partial charge on any atom is -0.445 e. The van der Waals surface area contributed by atoms with E-state index in [4.69, 9.17) is 16.3 Å². The highest BCUT2D eigenvalue weighted by molar-refractivity contribution is 6.30. The van der Waals surface area contributed by atoms with Gasteiger partial charge in [-0.15, -0.1) is 0 Å². The van der Waals surface area contributed by atoms with Gasteiger partial charge in [0.15, 0.2) is 0 Å². The molecule has 0 spiro atoms. The van der Waals surface area contributed by atoms with Crippen LogP contribution in [0.1, 0.15) is 37.8 Å². The number of carbonyl (C=O) groups excluding carboxylic acids is 2. The number of amides is 2. The predicted molar refractivity (Wildman–Crippen MR) is 120 cm³/mol. The molecule has 7 heteroatoms. The number of alkyl carbamates (subject to hydrolysis) is 1. The van der Waals surface area contributed by atoms with Crippen molar-refractivity contribution < 1.29 is 19.4 Å². The number of hydrogen-bond acceptors (Lipinski definition) is 4. The highest BCUT2D eigenvalue weighted by atomic mass is 35.5. The van der Waals surface area contributed by atoms with Gasteiger partial charge in [-0.3, -0.25) is 4.79 Å². The van der Waals surface area contributed by atoms with Crippen LogP contribution in [0.25, 0.3) is 0 Å². The van der Waals surface area contributed by atoms with Gasteiger partial charge in [-0.1, -0.05) is 67.9 Å². The number of ether oxygens (including phenoxy) is 1. The van der Waals surface area contributed by atoms with E-state index in [1.165, 1.54) is 0 Å². The van der Waals surface area contributed by atoms with Crippen molar-refractivity contribution in [1.29, 1.82) is 0 Å². The zero-order valence-corrected chi connectivity index (χ0v) is 18.6. The van der Waals surface area contributed by atoms with Crippen molar-refractivity contribution in [3.63, 3.8) is 0 Å². The maximum atomic E-state index is 13.1. The Morgan fingerprint density at radius 1 is 1.10 bits per heavy atom. The van der Waals surface area contributed by atoms with E-state index in [0.717, 1.165) is 11.1 Å². The van der Waals surface area contributed by atoms with Crippen LogP contribution in [0.15, 0.2) is 54.6 Å². The molecule has 166 valence electrons. The molecule has 0 radical (unpaired) electrons. The van der Waals surface area contributed by atoms with Gasteiger partial charge in [0, 0.05) is 18.1 Å². The third-order valence-corrected chi connectivity index (χ3v) is 5.95. The van der Waals surface area contributed by atoms with Gasteiger partial charge >= 0.3 is 6.09 Å². The number of piperidine rings is 1. The molecule has 1 aliphatic rings. The molecule has 1 aliphatic heterocycles. The molecule has 6 nitrogen and oxygen atoms in total. The Labute approximate surface area is 188 Å². The zero-order valence-electron chi connectivity index (χ0n) is 17.9. The second-order valence-corrected chi connectivity index (χ2v) is 8.73. The van der Waals surface area contributed by atoms with E-state index in [2.05, 4.69) is 5.32 Å². The third kappa shape index (κ3) is 5.99. The summed E-state index contributed by atoms with van der Waals surface area (Å²) in [4.78, 5) is 27.1. The largest absolute Gasteiger partial charge is 0.445 e. The first-order valence-electron chi connectivity index (χ1n) is 10.5. The molecule has 1 saturated heterocycles. The summed E-state index contributed by atoms with van der Waals surface area (Å²) < 4.78 is 5.28. The summed E-state index contributed by atoms with van der Waals surface area (Å²) in [6, 6.07) is 15.8. The lowest BCUT2D eigenvalue weighted by atomic mass is 9.84. The van der Waals surface area contributed by atoms with Crippen molar-refractivity contribution >= 4 is 23.6 Å². The van der Waals surface area contributed by atoms with E-state index in [1.807, 2.05) is 56.3 Å². The molecule has 0 bridgehead atoms. The fourth-order valence-corrected chi connectivity index (χ4v) is 3.87. The lowest BCUT2D eigenvalue weighted by Crippen LogP contribution is -2.54. The predicted octanol–water partition coefficient (Wildman–Crippen LogP) is 4.10. The molecule has 0 aromatic heterocycles. The SMILES string of the molecule is CC(C)C(NC(=O)OCc1ccccc1)C(=O)N1CCC(O)(c2ccc(Cl)cc2)CC1.